The van der Waals surface area contributed by atoms with Crippen LogP contribution in [0.1, 0.15) is 20.8 Å². The zero-order valence-corrected chi connectivity index (χ0v) is 20.4. The van der Waals surface area contributed by atoms with Crippen molar-refractivity contribution in [3.8, 4) is 5.75 Å². The lowest BCUT2D eigenvalue weighted by Crippen LogP contribution is -2.32. The highest BCUT2D eigenvalue weighted by Crippen LogP contribution is 2.39. The highest BCUT2D eigenvalue weighted by atomic mass is 35.5. The van der Waals surface area contributed by atoms with Gasteiger partial charge in [-0.2, -0.15) is 0 Å². The van der Waals surface area contributed by atoms with Crippen LogP contribution in [0, 0.1) is 0 Å². The van der Waals surface area contributed by atoms with Gasteiger partial charge in [0.25, 0.3) is 5.91 Å². The Balaban J connectivity index is 1.61. The number of anilines is 1. The van der Waals surface area contributed by atoms with Gasteiger partial charge in [0.2, 0.25) is 0 Å². The summed E-state index contributed by atoms with van der Waals surface area (Å²) in [6.07, 6.45) is 1.69. The standard InChI is InChI=1S/C27H19ClN2O4S/c1-33-19-13-11-18(12-14-19)30-25(24-23(28)20-5-3-4-6-22(20)35-24)29-21(26(30)31)15-16-7-9-17(10-8-16)27(32)34-2/h3-15H,1-2H3/b21-15+. The number of methoxy groups -OCH3 is 2. The molecule has 0 aliphatic carbocycles. The molecule has 1 aliphatic rings. The van der Waals surface area contributed by atoms with Gasteiger partial charge >= 0.3 is 5.97 Å². The number of fused-ring (bicyclic) bond motifs is 1. The predicted octanol–water partition coefficient (Wildman–Crippen LogP) is 6.18. The van der Waals surface area contributed by atoms with E-state index in [-0.39, 0.29) is 11.6 Å². The number of amides is 1. The van der Waals surface area contributed by atoms with E-state index in [2.05, 4.69) is 0 Å². The van der Waals surface area contributed by atoms with Crippen molar-refractivity contribution in [2.45, 2.75) is 0 Å². The Morgan fingerprint density at radius 3 is 2.37 bits per heavy atom. The second kappa shape index (κ2) is 9.37. The van der Waals surface area contributed by atoms with E-state index in [1.165, 1.54) is 18.4 Å². The largest absolute Gasteiger partial charge is 0.497 e. The second-order valence-electron chi connectivity index (χ2n) is 7.66. The number of benzene rings is 3. The summed E-state index contributed by atoms with van der Waals surface area (Å²) < 4.78 is 11.0. The molecule has 1 amide bonds. The SMILES string of the molecule is COC(=O)c1ccc(/C=C2/N=C(c3sc4ccccc4c3Cl)N(c3ccc(OC)cc3)C2=O)cc1. The fourth-order valence-electron chi connectivity index (χ4n) is 3.79. The third-order valence-electron chi connectivity index (χ3n) is 5.56. The van der Waals surface area contributed by atoms with E-state index in [0.717, 1.165) is 15.6 Å². The molecule has 2 heterocycles. The molecule has 3 aromatic carbocycles. The van der Waals surface area contributed by atoms with Crippen LogP contribution in [-0.4, -0.2) is 31.9 Å². The molecule has 8 heteroatoms. The Bertz CT molecular complexity index is 1500. The number of aliphatic imine (C=N–C) groups is 1. The van der Waals surface area contributed by atoms with Crippen molar-refractivity contribution < 1.29 is 19.1 Å². The number of hydrogen-bond acceptors (Lipinski definition) is 6. The van der Waals surface area contributed by atoms with E-state index in [0.29, 0.717) is 32.7 Å². The summed E-state index contributed by atoms with van der Waals surface area (Å²) in [5.41, 5.74) is 2.05. The molecule has 0 radical (unpaired) electrons. The molecule has 6 nitrogen and oxygen atoms in total. The first-order chi connectivity index (χ1) is 17.0. The number of carbonyl (C=O) groups is 2. The smallest absolute Gasteiger partial charge is 0.337 e. The molecule has 0 spiro atoms. The maximum absolute atomic E-state index is 13.6. The van der Waals surface area contributed by atoms with Crippen LogP contribution >= 0.6 is 22.9 Å². The van der Waals surface area contributed by atoms with Crippen LogP contribution in [0.15, 0.2) is 83.5 Å². The van der Waals surface area contributed by atoms with Gasteiger partial charge in [0.05, 0.1) is 35.4 Å². The Kier molecular flexibility index (Phi) is 6.11. The van der Waals surface area contributed by atoms with Crippen LogP contribution < -0.4 is 9.64 Å². The lowest BCUT2D eigenvalue weighted by atomic mass is 10.1. The lowest BCUT2D eigenvalue weighted by Gasteiger charge is -2.18. The van der Waals surface area contributed by atoms with Gasteiger partial charge < -0.3 is 9.47 Å². The zero-order valence-electron chi connectivity index (χ0n) is 18.8. The number of thiophene rings is 1. The minimum Gasteiger partial charge on any atom is -0.497 e. The van der Waals surface area contributed by atoms with Crippen LogP contribution in [0.2, 0.25) is 5.02 Å². The van der Waals surface area contributed by atoms with E-state index in [1.54, 1.807) is 54.5 Å². The van der Waals surface area contributed by atoms with Gasteiger partial charge in [-0.05, 0) is 54.1 Å². The molecule has 1 aromatic heterocycles. The molecular weight excluding hydrogens is 484 g/mol. The van der Waals surface area contributed by atoms with Crippen molar-refractivity contribution in [2.75, 3.05) is 19.1 Å². The van der Waals surface area contributed by atoms with Crippen LogP contribution in [-0.2, 0) is 9.53 Å². The summed E-state index contributed by atoms with van der Waals surface area (Å²) in [5, 5.41) is 1.47. The lowest BCUT2D eigenvalue weighted by molar-refractivity contribution is -0.113. The first kappa shape index (κ1) is 22.8. The average molecular weight is 503 g/mol. The van der Waals surface area contributed by atoms with Crippen molar-refractivity contribution >= 4 is 62.5 Å². The second-order valence-corrected chi connectivity index (χ2v) is 9.09. The number of halogens is 1. The van der Waals surface area contributed by atoms with Crippen LogP contribution in [0.4, 0.5) is 5.69 Å². The summed E-state index contributed by atoms with van der Waals surface area (Å²) in [4.78, 5) is 32.3. The van der Waals surface area contributed by atoms with Crippen molar-refractivity contribution in [3.63, 3.8) is 0 Å². The molecule has 4 aromatic rings. The highest BCUT2D eigenvalue weighted by Gasteiger charge is 2.35. The number of ether oxygens (including phenoxy) is 2. The number of rotatable bonds is 5. The first-order valence-electron chi connectivity index (χ1n) is 10.6. The molecule has 35 heavy (non-hydrogen) atoms. The summed E-state index contributed by atoms with van der Waals surface area (Å²) in [5.74, 6) is 0.436. The fourth-order valence-corrected chi connectivity index (χ4v) is 5.28. The van der Waals surface area contributed by atoms with E-state index < -0.39 is 5.97 Å². The minimum absolute atomic E-state index is 0.259. The average Bonchev–Trinajstić information content (AvgIpc) is 3.40. The van der Waals surface area contributed by atoms with Crippen molar-refractivity contribution in [3.05, 3.63) is 99.5 Å². The number of hydrogen-bond donors (Lipinski definition) is 0. The molecule has 0 saturated carbocycles. The fraction of sp³-hybridized carbons (Fsp3) is 0.0741. The number of carbonyl (C=O) groups excluding carboxylic acids is 2. The summed E-state index contributed by atoms with van der Waals surface area (Å²) in [6, 6.07) is 21.8. The van der Waals surface area contributed by atoms with Gasteiger partial charge in [0.15, 0.2) is 5.84 Å². The van der Waals surface area contributed by atoms with Crippen LogP contribution in [0.5, 0.6) is 5.75 Å². The molecule has 0 saturated heterocycles. The van der Waals surface area contributed by atoms with Gasteiger partial charge in [-0.1, -0.05) is 41.9 Å². The quantitative estimate of drug-likeness (QED) is 0.241. The van der Waals surface area contributed by atoms with E-state index in [4.69, 9.17) is 26.1 Å². The first-order valence-corrected chi connectivity index (χ1v) is 11.8. The maximum Gasteiger partial charge on any atom is 0.337 e. The Labute approximate surface area is 210 Å². The van der Waals surface area contributed by atoms with Crippen molar-refractivity contribution in [1.82, 2.24) is 0 Å². The number of nitrogens with zero attached hydrogens (tertiary/aromatic N) is 2. The molecule has 1 aliphatic heterocycles. The van der Waals surface area contributed by atoms with Crippen molar-refractivity contribution in [2.24, 2.45) is 4.99 Å². The number of amidine groups is 1. The molecular formula is C27H19ClN2O4S. The third-order valence-corrected chi connectivity index (χ3v) is 7.24. The molecule has 0 N–H and O–H groups in total. The van der Waals surface area contributed by atoms with Gasteiger partial charge in [0.1, 0.15) is 11.4 Å². The van der Waals surface area contributed by atoms with E-state index >= 15 is 0 Å². The summed E-state index contributed by atoms with van der Waals surface area (Å²) >= 11 is 8.25. The van der Waals surface area contributed by atoms with Gasteiger partial charge in [-0.3, -0.25) is 9.69 Å². The Hall–Kier alpha value is -3.94. The number of esters is 1. The predicted molar refractivity (Wildman–Crippen MR) is 140 cm³/mol. The minimum atomic E-state index is -0.425. The van der Waals surface area contributed by atoms with Gasteiger partial charge in [0, 0.05) is 10.1 Å². The van der Waals surface area contributed by atoms with Crippen LogP contribution in [0.3, 0.4) is 0 Å². The van der Waals surface area contributed by atoms with Gasteiger partial charge in [-0.25, -0.2) is 9.79 Å². The molecule has 5 rings (SSSR count). The topological polar surface area (TPSA) is 68.2 Å². The zero-order chi connectivity index (χ0) is 24.5. The Morgan fingerprint density at radius 1 is 1.00 bits per heavy atom. The summed E-state index contributed by atoms with van der Waals surface area (Å²) in [6.45, 7) is 0. The van der Waals surface area contributed by atoms with E-state index in [1.807, 2.05) is 36.4 Å². The molecule has 0 fully saturated rings. The summed E-state index contributed by atoms with van der Waals surface area (Å²) in [7, 11) is 2.92. The van der Waals surface area contributed by atoms with Crippen LogP contribution in [0.25, 0.3) is 16.2 Å². The Morgan fingerprint density at radius 2 is 1.71 bits per heavy atom. The van der Waals surface area contributed by atoms with Crippen molar-refractivity contribution in [1.29, 1.82) is 0 Å². The monoisotopic (exact) mass is 502 g/mol. The molecule has 0 atom stereocenters. The molecule has 174 valence electrons. The van der Waals surface area contributed by atoms with Gasteiger partial charge in [-0.15, -0.1) is 11.3 Å². The normalized spacial score (nSPS) is 14.5. The third kappa shape index (κ3) is 4.20. The highest BCUT2D eigenvalue weighted by molar-refractivity contribution is 7.21. The van der Waals surface area contributed by atoms with E-state index in [9.17, 15) is 9.59 Å². The molecule has 0 unspecified atom stereocenters. The molecule has 0 bridgehead atoms. The maximum atomic E-state index is 13.6.